The molecule has 0 aromatic heterocycles. The van der Waals surface area contributed by atoms with Crippen molar-refractivity contribution < 1.29 is 19.7 Å². The molecule has 0 aromatic carbocycles. The Kier molecular flexibility index (Phi) is 2.99. The summed E-state index contributed by atoms with van der Waals surface area (Å²) in [7, 11) is 0. The Hall–Kier alpha value is -0.450. The average molecular weight is 202 g/mol. The molecule has 1 aliphatic rings. The smallest absolute Gasteiger partial charge is 0.190 e. The lowest BCUT2D eigenvalue weighted by atomic mass is 9.72. The maximum absolute atomic E-state index is 11.5. The fraction of sp³-hybridized carbons (Fsp3) is 0.900. The van der Waals surface area contributed by atoms with Crippen molar-refractivity contribution in [1.82, 2.24) is 0 Å². The fourth-order valence-electron chi connectivity index (χ4n) is 1.96. The molecule has 4 heteroatoms. The van der Waals surface area contributed by atoms with Gasteiger partial charge in [-0.05, 0) is 20.3 Å². The van der Waals surface area contributed by atoms with Gasteiger partial charge in [0, 0.05) is 5.92 Å². The normalized spacial score (nSPS) is 34.6. The highest BCUT2D eigenvalue weighted by atomic mass is 16.5. The Labute approximate surface area is 83.9 Å². The van der Waals surface area contributed by atoms with Gasteiger partial charge in [0.2, 0.25) is 0 Å². The quantitative estimate of drug-likeness (QED) is 0.667. The zero-order chi connectivity index (χ0) is 11.0. The van der Waals surface area contributed by atoms with Crippen LogP contribution < -0.4 is 0 Å². The van der Waals surface area contributed by atoms with Crippen molar-refractivity contribution >= 4 is 5.78 Å². The van der Waals surface area contributed by atoms with Crippen LogP contribution in [0.4, 0.5) is 0 Å². The van der Waals surface area contributed by atoms with Crippen molar-refractivity contribution in [2.75, 3.05) is 13.2 Å². The minimum atomic E-state index is -1.43. The molecular formula is C10H18O4. The molecule has 1 fully saturated rings. The van der Waals surface area contributed by atoms with Gasteiger partial charge < -0.3 is 14.9 Å². The number of ether oxygens (including phenoxy) is 1. The van der Waals surface area contributed by atoms with E-state index in [1.54, 1.807) is 20.8 Å². The first-order chi connectivity index (χ1) is 6.32. The number of hydrogen-bond acceptors (Lipinski definition) is 4. The van der Waals surface area contributed by atoms with Crippen LogP contribution in [0.25, 0.3) is 0 Å². The predicted octanol–water partition coefficient (Wildman–Crippen LogP) is 0.114. The maximum Gasteiger partial charge on any atom is 0.190 e. The number of hydrogen-bond donors (Lipinski definition) is 2. The van der Waals surface area contributed by atoms with Crippen molar-refractivity contribution in [2.24, 2.45) is 5.92 Å². The molecular weight excluding hydrogens is 184 g/mol. The Balaban J connectivity index is 2.98. The standard InChI is InChI=1S/C10H18O4/c1-4-10(13)7(9(2,3)12)5-14-6-8(10)11/h7,12-13H,4-6H2,1-3H3. The van der Waals surface area contributed by atoms with Crippen LogP contribution in [0.2, 0.25) is 0 Å². The van der Waals surface area contributed by atoms with Gasteiger partial charge in [-0.3, -0.25) is 4.79 Å². The molecule has 4 nitrogen and oxygen atoms in total. The molecule has 2 unspecified atom stereocenters. The lowest BCUT2D eigenvalue weighted by Gasteiger charge is -2.43. The number of aliphatic hydroxyl groups is 2. The first-order valence-electron chi connectivity index (χ1n) is 4.88. The lowest BCUT2D eigenvalue weighted by Crippen LogP contribution is -2.59. The molecule has 1 rings (SSSR count). The van der Waals surface area contributed by atoms with E-state index in [4.69, 9.17) is 4.74 Å². The summed E-state index contributed by atoms with van der Waals surface area (Å²) in [4.78, 5) is 11.5. The average Bonchev–Trinajstić information content (AvgIpc) is 2.08. The van der Waals surface area contributed by atoms with Crippen LogP contribution in [0.3, 0.4) is 0 Å². The van der Waals surface area contributed by atoms with Crippen LogP contribution in [0, 0.1) is 5.92 Å². The van der Waals surface area contributed by atoms with E-state index < -0.39 is 17.1 Å². The molecule has 82 valence electrons. The van der Waals surface area contributed by atoms with Gasteiger partial charge in [-0.2, -0.15) is 0 Å². The van der Waals surface area contributed by atoms with Gasteiger partial charge in [0.1, 0.15) is 12.2 Å². The summed E-state index contributed by atoms with van der Waals surface area (Å²) < 4.78 is 5.05. The molecule has 1 heterocycles. The number of carbonyl (C=O) groups is 1. The Morgan fingerprint density at radius 3 is 2.57 bits per heavy atom. The van der Waals surface area contributed by atoms with E-state index in [1.165, 1.54) is 0 Å². The summed E-state index contributed by atoms with van der Waals surface area (Å²) >= 11 is 0. The first-order valence-corrected chi connectivity index (χ1v) is 4.88. The highest BCUT2D eigenvalue weighted by molar-refractivity contribution is 5.89. The van der Waals surface area contributed by atoms with Crippen LogP contribution >= 0.6 is 0 Å². The third-order valence-corrected chi connectivity index (χ3v) is 2.97. The summed E-state index contributed by atoms with van der Waals surface area (Å²) in [5, 5.41) is 20.0. The van der Waals surface area contributed by atoms with E-state index in [0.717, 1.165) is 0 Å². The van der Waals surface area contributed by atoms with Gasteiger partial charge in [-0.15, -0.1) is 0 Å². The van der Waals surface area contributed by atoms with Crippen molar-refractivity contribution in [2.45, 2.75) is 38.4 Å². The summed E-state index contributed by atoms with van der Waals surface area (Å²) in [6, 6.07) is 0. The second-order valence-corrected chi connectivity index (χ2v) is 4.42. The van der Waals surface area contributed by atoms with Crippen LogP contribution in [-0.2, 0) is 9.53 Å². The zero-order valence-electron chi connectivity index (χ0n) is 8.91. The third-order valence-electron chi connectivity index (χ3n) is 2.97. The molecule has 0 radical (unpaired) electrons. The fourth-order valence-corrected chi connectivity index (χ4v) is 1.96. The predicted molar refractivity (Wildman–Crippen MR) is 50.9 cm³/mol. The van der Waals surface area contributed by atoms with Crippen LogP contribution in [-0.4, -0.2) is 40.4 Å². The second kappa shape index (κ2) is 3.61. The van der Waals surface area contributed by atoms with Crippen molar-refractivity contribution in [1.29, 1.82) is 0 Å². The third kappa shape index (κ3) is 1.82. The SMILES string of the molecule is CCC1(O)C(=O)COCC1C(C)(C)O. The molecule has 0 spiro atoms. The lowest BCUT2D eigenvalue weighted by molar-refractivity contribution is -0.186. The molecule has 0 aliphatic carbocycles. The molecule has 0 aromatic rings. The molecule has 1 saturated heterocycles. The highest BCUT2D eigenvalue weighted by Crippen LogP contribution is 2.34. The van der Waals surface area contributed by atoms with Crippen LogP contribution in [0.1, 0.15) is 27.2 Å². The first kappa shape index (κ1) is 11.6. The summed E-state index contributed by atoms with van der Waals surface area (Å²) in [5.41, 5.74) is -2.54. The highest BCUT2D eigenvalue weighted by Gasteiger charge is 2.51. The van der Waals surface area contributed by atoms with Gasteiger partial charge in [0.15, 0.2) is 5.78 Å². The van der Waals surface area contributed by atoms with Gasteiger partial charge >= 0.3 is 0 Å². The second-order valence-electron chi connectivity index (χ2n) is 4.42. The summed E-state index contributed by atoms with van der Waals surface area (Å²) in [6.07, 6.45) is 0.309. The Morgan fingerprint density at radius 2 is 2.21 bits per heavy atom. The van der Waals surface area contributed by atoms with Crippen LogP contribution in [0.5, 0.6) is 0 Å². The number of rotatable bonds is 2. The molecule has 2 atom stereocenters. The topological polar surface area (TPSA) is 66.8 Å². The van der Waals surface area contributed by atoms with Crippen molar-refractivity contribution in [3.05, 3.63) is 0 Å². The molecule has 0 amide bonds. The van der Waals surface area contributed by atoms with E-state index in [0.29, 0.717) is 6.42 Å². The van der Waals surface area contributed by atoms with Crippen LogP contribution in [0.15, 0.2) is 0 Å². The van der Waals surface area contributed by atoms with Gasteiger partial charge in [0.25, 0.3) is 0 Å². The number of Topliss-reactive ketones (excluding diaryl/α,β-unsaturated/α-hetero) is 1. The van der Waals surface area contributed by atoms with Crippen molar-refractivity contribution in [3.8, 4) is 0 Å². The zero-order valence-corrected chi connectivity index (χ0v) is 8.91. The van der Waals surface area contributed by atoms with Gasteiger partial charge in [-0.1, -0.05) is 6.92 Å². The largest absolute Gasteiger partial charge is 0.390 e. The minimum absolute atomic E-state index is 0.0586. The summed E-state index contributed by atoms with van der Waals surface area (Å²) in [6.45, 7) is 5.07. The van der Waals surface area contributed by atoms with E-state index >= 15 is 0 Å². The number of ketones is 1. The van der Waals surface area contributed by atoms with E-state index in [2.05, 4.69) is 0 Å². The van der Waals surface area contributed by atoms with Gasteiger partial charge in [0.05, 0.1) is 12.2 Å². The monoisotopic (exact) mass is 202 g/mol. The van der Waals surface area contributed by atoms with Crippen molar-refractivity contribution in [3.63, 3.8) is 0 Å². The Morgan fingerprint density at radius 1 is 1.64 bits per heavy atom. The maximum atomic E-state index is 11.5. The molecule has 2 N–H and O–H groups in total. The van der Waals surface area contributed by atoms with E-state index in [-0.39, 0.29) is 19.0 Å². The molecule has 14 heavy (non-hydrogen) atoms. The Bertz CT molecular complexity index is 231. The molecule has 0 saturated carbocycles. The molecule has 0 bridgehead atoms. The molecule has 1 aliphatic heterocycles. The minimum Gasteiger partial charge on any atom is -0.390 e. The van der Waals surface area contributed by atoms with Gasteiger partial charge in [-0.25, -0.2) is 0 Å². The van der Waals surface area contributed by atoms with E-state index in [1.807, 2.05) is 0 Å². The number of carbonyl (C=O) groups excluding carboxylic acids is 1. The summed E-state index contributed by atoms with van der Waals surface area (Å²) in [5.74, 6) is -0.889. The van der Waals surface area contributed by atoms with E-state index in [9.17, 15) is 15.0 Å².